The number of amides is 2. The van der Waals surface area contributed by atoms with Gasteiger partial charge in [-0.15, -0.1) is 0 Å². The summed E-state index contributed by atoms with van der Waals surface area (Å²) in [5, 5.41) is 5.77. The maximum Gasteiger partial charge on any atom is 0.320 e. The minimum Gasteiger partial charge on any atom is -0.496 e. The lowest BCUT2D eigenvalue weighted by molar-refractivity contribution is 0.249. The Kier molecular flexibility index (Phi) is 5.53. The van der Waals surface area contributed by atoms with Crippen molar-refractivity contribution in [3.63, 3.8) is 0 Å². The molecule has 2 amide bonds. The highest BCUT2D eigenvalue weighted by molar-refractivity contribution is 5.90. The van der Waals surface area contributed by atoms with Crippen molar-refractivity contribution in [3.05, 3.63) is 54.1 Å². The number of benzene rings is 1. The van der Waals surface area contributed by atoms with Crippen molar-refractivity contribution in [2.75, 3.05) is 19.5 Å². The topological polar surface area (TPSA) is 95.2 Å². The molecule has 2 aromatic heterocycles. The van der Waals surface area contributed by atoms with Crippen molar-refractivity contribution in [1.29, 1.82) is 0 Å². The number of nitrogens with one attached hydrogen (secondary N) is 2. The lowest BCUT2D eigenvalue weighted by atomic mass is 10.1. The number of imidazole rings is 2. The van der Waals surface area contributed by atoms with Crippen LogP contribution >= 0.6 is 0 Å². The number of nitrogens with zero attached hydrogens (tertiary/aromatic N) is 4. The molecule has 2 N–H and O–H groups in total. The number of methoxy groups -OCH3 is 2. The van der Waals surface area contributed by atoms with Crippen LogP contribution in [0.25, 0.3) is 0 Å². The molecule has 0 aliphatic carbocycles. The molecule has 0 aliphatic rings. The van der Waals surface area contributed by atoms with Crippen LogP contribution in [-0.4, -0.2) is 39.4 Å². The van der Waals surface area contributed by atoms with Crippen LogP contribution in [0.1, 0.15) is 23.3 Å². The van der Waals surface area contributed by atoms with E-state index in [0.717, 1.165) is 5.56 Å². The summed E-state index contributed by atoms with van der Waals surface area (Å²) in [6, 6.07) is 2.57. The molecule has 148 valence electrons. The SMILES string of the molecule is COc1cc(NC(=O)NC(c2nccn2C)c2nccn2C)cc(OC)c1C. The zero-order valence-corrected chi connectivity index (χ0v) is 16.6. The Morgan fingerprint density at radius 1 is 1.00 bits per heavy atom. The Bertz CT molecular complexity index is 912. The van der Waals surface area contributed by atoms with E-state index in [4.69, 9.17) is 9.47 Å². The second-order valence-corrected chi connectivity index (χ2v) is 6.33. The fourth-order valence-electron chi connectivity index (χ4n) is 3.01. The van der Waals surface area contributed by atoms with Gasteiger partial charge in [-0.25, -0.2) is 14.8 Å². The normalized spacial score (nSPS) is 10.8. The highest BCUT2D eigenvalue weighted by atomic mass is 16.5. The molecule has 0 atom stereocenters. The smallest absolute Gasteiger partial charge is 0.320 e. The Labute approximate surface area is 163 Å². The number of hydrogen-bond donors (Lipinski definition) is 2. The summed E-state index contributed by atoms with van der Waals surface area (Å²) in [5.41, 5.74) is 1.41. The highest BCUT2D eigenvalue weighted by Crippen LogP contribution is 2.32. The summed E-state index contributed by atoms with van der Waals surface area (Å²) in [7, 11) is 6.88. The lowest BCUT2D eigenvalue weighted by Crippen LogP contribution is -2.35. The Balaban J connectivity index is 1.86. The van der Waals surface area contributed by atoms with Gasteiger partial charge in [0.2, 0.25) is 0 Å². The monoisotopic (exact) mass is 384 g/mol. The van der Waals surface area contributed by atoms with Gasteiger partial charge < -0.3 is 29.2 Å². The van der Waals surface area contributed by atoms with Gasteiger partial charge in [-0.2, -0.15) is 0 Å². The average molecular weight is 384 g/mol. The molecule has 0 bridgehead atoms. The summed E-state index contributed by atoms with van der Waals surface area (Å²) in [6.07, 6.45) is 7.00. The summed E-state index contributed by atoms with van der Waals surface area (Å²) < 4.78 is 14.4. The third-order valence-electron chi connectivity index (χ3n) is 4.52. The first-order valence-electron chi connectivity index (χ1n) is 8.69. The van der Waals surface area contributed by atoms with Crippen LogP contribution in [0.5, 0.6) is 11.5 Å². The number of carbonyl (C=O) groups is 1. The molecule has 2 heterocycles. The molecular formula is C19H24N6O3. The zero-order valence-electron chi connectivity index (χ0n) is 16.6. The van der Waals surface area contributed by atoms with E-state index in [9.17, 15) is 4.79 Å². The van der Waals surface area contributed by atoms with Crippen LogP contribution in [0.2, 0.25) is 0 Å². The molecule has 28 heavy (non-hydrogen) atoms. The molecule has 9 nitrogen and oxygen atoms in total. The molecule has 3 aromatic rings. The maximum absolute atomic E-state index is 12.7. The fourth-order valence-corrected chi connectivity index (χ4v) is 3.01. The molecule has 0 saturated heterocycles. The van der Waals surface area contributed by atoms with Crippen LogP contribution in [0.3, 0.4) is 0 Å². The quantitative estimate of drug-likeness (QED) is 0.680. The van der Waals surface area contributed by atoms with Crippen LogP contribution < -0.4 is 20.1 Å². The number of urea groups is 1. The van der Waals surface area contributed by atoms with E-state index in [2.05, 4.69) is 20.6 Å². The number of ether oxygens (including phenoxy) is 2. The second-order valence-electron chi connectivity index (χ2n) is 6.33. The van der Waals surface area contributed by atoms with Crippen molar-refractivity contribution in [2.24, 2.45) is 14.1 Å². The molecule has 9 heteroatoms. The first-order valence-corrected chi connectivity index (χ1v) is 8.69. The van der Waals surface area contributed by atoms with Gasteiger partial charge in [0.1, 0.15) is 29.2 Å². The molecule has 1 aromatic carbocycles. The second kappa shape index (κ2) is 8.03. The van der Waals surface area contributed by atoms with E-state index in [1.807, 2.05) is 42.5 Å². The van der Waals surface area contributed by atoms with Crippen LogP contribution in [0.4, 0.5) is 10.5 Å². The number of aryl methyl sites for hydroxylation is 2. The Hall–Kier alpha value is -3.49. The minimum atomic E-state index is -0.519. The predicted molar refractivity (Wildman–Crippen MR) is 105 cm³/mol. The lowest BCUT2D eigenvalue weighted by Gasteiger charge is -2.19. The number of aromatic nitrogens is 4. The summed E-state index contributed by atoms with van der Waals surface area (Å²) in [6.45, 7) is 1.89. The van der Waals surface area contributed by atoms with E-state index in [1.165, 1.54) is 0 Å². The van der Waals surface area contributed by atoms with E-state index in [1.54, 1.807) is 38.7 Å². The Morgan fingerprint density at radius 3 is 1.89 bits per heavy atom. The minimum absolute atomic E-state index is 0.399. The average Bonchev–Trinajstić information content (AvgIpc) is 3.29. The zero-order chi connectivity index (χ0) is 20.3. The molecule has 0 aliphatic heterocycles. The van der Waals surface area contributed by atoms with Crippen molar-refractivity contribution in [3.8, 4) is 11.5 Å². The molecular weight excluding hydrogens is 360 g/mol. The van der Waals surface area contributed by atoms with Gasteiger partial charge in [0.25, 0.3) is 0 Å². The molecule has 3 rings (SSSR count). The fraction of sp³-hybridized carbons (Fsp3) is 0.316. The van der Waals surface area contributed by atoms with Crippen LogP contribution in [-0.2, 0) is 14.1 Å². The van der Waals surface area contributed by atoms with Gasteiger partial charge in [0, 0.05) is 62.3 Å². The summed E-state index contributed by atoms with van der Waals surface area (Å²) in [4.78, 5) is 21.5. The van der Waals surface area contributed by atoms with E-state index >= 15 is 0 Å². The van der Waals surface area contributed by atoms with Crippen molar-refractivity contribution in [1.82, 2.24) is 24.4 Å². The molecule has 0 fully saturated rings. The third kappa shape index (κ3) is 3.78. The van der Waals surface area contributed by atoms with Gasteiger partial charge in [-0.3, -0.25) is 0 Å². The standard InChI is InChI=1S/C19H24N6O3/c1-12-14(27-4)10-13(11-15(12)28-5)22-19(26)23-16(17-20-6-8-24(17)2)18-21-7-9-25(18)3/h6-11,16H,1-5H3,(H2,22,23,26). The van der Waals surface area contributed by atoms with Crippen LogP contribution in [0.15, 0.2) is 36.9 Å². The van der Waals surface area contributed by atoms with Crippen molar-refractivity contribution >= 4 is 11.7 Å². The maximum atomic E-state index is 12.7. The number of carbonyl (C=O) groups excluding carboxylic acids is 1. The highest BCUT2D eigenvalue weighted by Gasteiger charge is 2.24. The number of hydrogen-bond acceptors (Lipinski definition) is 5. The van der Waals surface area contributed by atoms with Gasteiger partial charge in [0.05, 0.1) is 14.2 Å². The summed E-state index contributed by atoms with van der Waals surface area (Å²) in [5.74, 6) is 2.59. The molecule has 0 saturated carbocycles. The third-order valence-corrected chi connectivity index (χ3v) is 4.52. The van der Waals surface area contributed by atoms with E-state index < -0.39 is 12.1 Å². The van der Waals surface area contributed by atoms with E-state index in [-0.39, 0.29) is 0 Å². The van der Waals surface area contributed by atoms with Gasteiger partial charge >= 0.3 is 6.03 Å². The van der Waals surface area contributed by atoms with Gasteiger partial charge in [-0.05, 0) is 6.92 Å². The van der Waals surface area contributed by atoms with Crippen molar-refractivity contribution < 1.29 is 14.3 Å². The van der Waals surface area contributed by atoms with E-state index in [0.29, 0.717) is 28.8 Å². The number of rotatable bonds is 6. The summed E-state index contributed by atoms with van der Waals surface area (Å²) >= 11 is 0. The predicted octanol–water partition coefficient (Wildman–Crippen LogP) is 2.39. The number of anilines is 1. The first kappa shape index (κ1) is 19.3. The first-order chi connectivity index (χ1) is 13.4. The Morgan fingerprint density at radius 2 is 1.50 bits per heavy atom. The van der Waals surface area contributed by atoms with Gasteiger partial charge in [0.15, 0.2) is 0 Å². The van der Waals surface area contributed by atoms with Crippen molar-refractivity contribution in [2.45, 2.75) is 13.0 Å². The largest absolute Gasteiger partial charge is 0.496 e. The molecule has 0 radical (unpaired) electrons. The van der Waals surface area contributed by atoms with Crippen LogP contribution in [0, 0.1) is 6.92 Å². The van der Waals surface area contributed by atoms with Gasteiger partial charge in [-0.1, -0.05) is 0 Å². The molecule has 0 unspecified atom stereocenters. The molecule has 0 spiro atoms.